The Hall–Kier alpha value is -2.06. The highest BCUT2D eigenvalue weighted by atomic mass is 35.5. The fourth-order valence-corrected chi connectivity index (χ4v) is 2.83. The number of carbonyl (C=O) groups excluding carboxylic acids is 1. The molecular formula is C20H21Cl2N3O. The average Bonchev–Trinajstić information content (AvgIpc) is 2.62. The molecule has 1 amide bonds. The molecule has 0 aliphatic carbocycles. The molecule has 6 heteroatoms. The van der Waals surface area contributed by atoms with Gasteiger partial charge in [-0.3, -0.25) is 9.69 Å². The lowest BCUT2D eigenvalue weighted by molar-refractivity contribution is -0.116. The lowest BCUT2D eigenvalue weighted by Gasteiger charge is -2.26. The van der Waals surface area contributed by atoms with Crippen molar-refractivity contribution in [2.75, 3.05) is 11.9 Å². The van der Waals surface area contributed by atoms with Gasteiger partial charge >= 0.3 is 0 Å². The van der Waals surface area contributed by atoms with Gasteiger partial charge < -0.3 is 5.32 Å². The Morgan fingerprint density at radius 3 is 2.50 bits per heavy atom. The van der Waals surface area contributed by atoms with Gasteiger partial charge in [-0.15, -0.1) is 0 Å². The minimum Gasteiger partial charge on any atom is -0.325 e. The molecule has 2 aromatic carbocycles. The van der Waals surface area contributed by atoms with Crippen molar-refractivity contribution in [3.63, 3.8) is 0 Å². The Kier molecular flexibility index (Phi) is 7.47. The van der Waals surface area contributed by atoms with Gasteiger partial charge in [0.2, 0.25) is 5.91 Å². The molecule has 1 N–H and O–H groups in total. The molecule has 136 valence electrons. The summed E-state index contributed by atoms with van der Waals surface area (Å²) in [6.07, 6.45) is 0.345. The quantitative estimate of drug-likeness (QED) is 0.715. The first-order valence-corrected chi connectivity index (χ1v) is 9.12. The molecule has 0 bridgehead atoms. The maximum absolute atomic E-state index is 12.3. The fraction of sp³-hybridized carbons (Fsp3) is 0.300. The maximum atomic E-state index is 12.3. The van der Waals surface area contributed by atoms with Crippen molar-refractivity contribution < 1.29 is 4.79 Å². The second kappa shape index (κ2) is 9.59. The summed E-state index contributed by atoms with van der Waals surface area (Å²) >= 11 is 12.0. The van der Waals surface area contributed by atoms with Gasteiger partial charge in [0.15, 0.2) is 0 Å². The SMILES string of the molecule is CC(C)N(CCC(=O)Nc1cc(Cl)ccc1Cl)Cc1ccc(C#N)cc1. The van der Waals surface area contributed by atoms with E-state index in [9.17, 15) is 4.79 Å². The summed E-state index contributed by atoms with van der Waals surface area (Å²) in [7, 11) is 0. The van der Waals surface area contributed by atoms with E-state index in [0.29, 0.717) is 40.8 Å². The molecule has 2 rings (SSSR count). The molecule has 0 spiro atoms. The molecule has 0 atom stereocenters. The van der Waals surface area contributed by atoms with E-state index in [4.69, 9.17) is 28.5 Å². The van der Waals surface area contributed by atoms with Crippen LogP contribution in [0.2, 0.25) is 10.0 Å². The highest BCUT2D eigenvalue weighted by Gasteiger charge is 2.13. The summed E-state index contributed by atoms with van der Waals surface area (Å²) < 4.78 is 0. The standard InChI is InChI=1S/C20H21Cl2N3O/c1-14(2)25(13-16-5-3-15(12-23)4-6-16)10-9-20(26)24-19-11-17(21)7-8-18(19)22/h3-8,11,14H,9-10,13H2,1-2H3,(H,24,26). The Morgan fingerprint density at radius 2 is 1.88 bits per heavy atom. The van der Waals surface area contributed by atoms with E-state index in [1.165, 1.54) is 0 Å². The number of nitrogens with one attached hydrogen (secondary N) is 1. The van der Waals surface area contributed by atoms with Crippen LogP contribution in [0.4, 0.5) is 5.69 Å². The Balaban J connectivity index is 1.93. The van der Waals surface area contributed by atoms with E-state index in [1.54, 1.807) is 18.2 Å². The van der Waals surface area contributed by atoms with Crippen LogP contribution in [0.1, 0.15) is 31.4 Å². The molecule has 4 nitrogen and oxygen atoms in total. The number of anilines is 1. The zero-order valence-corrected chi connectivity index (χ0v) is 16.3. The topological polar surface area (TPSA) is 56.1 Å². The third kappa shape index (κ3) is 6.03. The van der Waals surface area contributed by atoms with Crippen LogP contribution in [-0.2, 0) is 11.3 Å². The molecule has 0 aromatic heterocycles. The number of nitriles is 1. The van der Waals surface area contributed by atoms with Crippen molar-refractivity contribution in [3.05, 3.63) is 63.6 Å². The molecule has 0 saturated heterocycles. The lowest BCUT2D eigenvalue weighted by Crippen LogP contribution is -2.33. The molecular weight excluding hydrogens is 369 g/mol. The lowest BCUT2D eigenvalue weighted by atomic mass is 10.1. The number of hydrogen-bond donors (Lipinski definition) is 1. The summed E-state index contributed by atoms with van der Waals surface area (Å²) in [5.41, 5.74) is 2.27. The number of rotatable bonds is 7. The predicted octanol–water partition coefficient (Wildman–Crippen LogP) is 5.10. The van der Waals surface area contributed by atoms with Crippen LogP contribution in [0.25, 0.3) is 0 Å². The van der Waals surface area contributed by atoms with Crippen molar-refractivity contribution >= 4 is 34.8 Å². The van der Waals surface area contributed by atoms with Gasteiger partial charge in [-0.2, -0.15) is 5.26 Å². The zero-order valence-electron chi connectivity index (χ0n) is 14.8. The number of nitrogens with zero attached hydrogens (tertiary/aromatic N) is 2. The van der Waals surface area contributed by atoms with Gasteiger partial charge in [-0.1, -0.05) is 35.3 Å². The number of amides is 1. The van der Waals surface area contributed by atoms with E-state index < -0.39 is 0 Å². The minimum atomic E-state index is -0.111. The summed E-state index contributed by atoms with van der Waals surface area (Å²) in [4.78, 5) is 14.5. The highest BCUT2D eigenvalue weighted by Crippen LogP contribution is 2.25. The summed E-state index contributed by atoms with van der Waals surface area (Å²) in [6, 6.07) is 14.9. The van der Waals surface area contributed by atoms with E-state index in [2.05, 4.69) is 30.1 Å². The average molecular weight is 390 g/mol. The van der Waals surface area contributed by atoms with Crippen molar-refractivity contribution in [1.82, 2.24) is 4.90 Å². The van der Waals surface area contributed by atoms with Crippen molar-refractivity contribution in [2.45, 2.75) is 32.9 Å². The molecule has 0 aliphatic heterocycles. The number of hydrogen-bond acceptors (Lipinski definition) is 3. The predicted molar refractivity (Wildman–Crippen MR) is 106 cm³/mol. The second-order valence-electron chi connectivity index (χ2n) is 6.30. The Labute approximate surface area is 164 Å². The van der Waals surface area contributed by atoms with E-state index in [-0.39, 0.29) is 11.9 Å². The molecule has 0 unspecified atom stereocenters. The van der Waals surface area contributed by atoms with Crippen LogP contribution >= 0.6 is 23.2 Å². The van der Waals surface area contributed by atoms with E-state index in [0.717, 1.165) is 5.56 Å². The molecule has 0 saturated carbocycles. The van der Waals surface area contributed by atoms with Crippen LogP contribution < -0.4 is 5.32 Å². The molecule has 2 aromatic rings. The normalized spacial score (nSPS) is 10.8. The van der Waals surface area contributed by atoms with Gasteiger partial charge in [-0.05, 0) is 49.7 Å². The van der Waals surface area contributed by atoms with Crippen LogP contribution in [0.5, 0.6) is 0 Å². The van der Waals surface area contributed by atoms with Crippen molar-refractivity contribution in [1.29, 1.82) is 5.26 Å². The smallest absolute Gasteiger partial charge is 0.225 e. The number of halogens is 2. The first-order chi connectivity index (χ1) is 12.4. The molecule has 26 heavy (non-hydrogen) atoms. The molecule has 0 heterocycles. The van der Waals surface area contributed by atoms with Crippen LogP contribution in [0.3, 0.4) is 0 Å². The van der Waals surface area contributed by atoms with Gasteiger partial charge in [0.05, 0.1) is 22.3 Å². The van der Waals surface area contributed by atoms with Gasteiger partial charge in [0, 0.05) is 30.6 Å². The van der Waals surface area contributed by atoms with E-state index in [1.807, 2.05) is 24.3 Å². The minimum absolute atomic E-state index is 0.111. The monoisotopic (exact) mass is 389 g/mol. The van der Waals surface area contributed by atoms with E-state index >= 15 is 0 Å². The number of benzene rings is 2. The second-order valence-corrected chi connectivity index (χ2v) is 7.14. The van der Waals surface area contributed by atoms with Gasteiger partial charge in [0.25, 0.3) is 0 Å². The Morgan fingerprint density at radius 1 is 1.19 bits per heavy atom. The zero-order chi connectivity index (χ0) is 19.1. The summed E-state index contributed by atoms with van der Waals surface area (Å²) in [6.45, 7) is 5.51. The van der Waals surface area contributed by atoms with Crippen molar-refractivity contribution in [2.24, 2.45) is 0 Å². The van der Waals surface area contributed by atoms with Crippen molar-refractivity contribution in [3.8, 4) is 6.07 Å². The highest BCUT2D eigenvalue weighted by molar-refractivity contribution is 6.35. The third-order valence-corrected chi connectivity index (χ3v) is 4.59. The van der Waals surface area contributed by atoms with Gasteiger partial charge in [-0.25, -0.2) is 0 Å². The van der Waals surface area contributed by atoms with Gasteiger partial charge in [0.1, 0.15) is 0 Å². The Bertz CT molecular complexity index is 798. The maximum Gasteiger partial charge on any atom is 0.225 e. The van der Waals surface area contributed by atoms with Crippen LogP contribution in [0.15, 0.2) is 42.5 Å². The first-order valence-electron chi connectivity index (χ1n) is 8.37. The summed E-state index contributed by atoms with van der Waals surface area (Å²) in [5, 5.41) is 12.7. The van der Waals surface area contributed by atoms with Crippen LogP contribution in [0, 0.1) is 11.3 Å². The molecule has 0 radical (unpaired) electrons. The first kappa shape index (κ1) is 20.3. The van der Waals surface area contributed by atoms with Crippen LogP contribution in [-0.4, -0.2) is 23.4 Å². The molecule has 0 aliphatic rings. The summed E-state index contributed by atoms with van der Waals surface area (Å²) in [5.74, 6) is -0.111. The largest absolute Gasteiger partial charge is 0.325 e. The number of carbonyl (C=O) groups is 1. The fourth-order valence-electron chi connectivity index (χ4n) is 2.49. The molecule has 0 fully saturated rings. The third-order valence-electron chi connectivity index (χ3n) is 4.03.